The smallest absolute Gasteiger partial charge is 0.255 e. The van der Waals surface area contributed by atoms with E-state index in [-0.39, 0.29) is 11.7 Å². The molecule has 0 radical (unpaired) electrons. The molecule has 1 aliphatic rings. The highest BCUT2D eigenvalue weighted by Gasteiger charge is 2.26. The van der Waals surface area contributed by atoms with Crippen molar-refractivity contribution >= 4 is 27.3 Å². The minimum absolute atomic E-state index is 0.0694. The number of rotatable bonds is 5. The van der Waals surface area contributed by atoms with Gasteiger partial charge in [-0.15, -0.1) is 0 Å². The fourth-order valence-electron chi connectivity index (χ4n) is 3.68. The first kappa shape index (κ1) is 20.4. The maximum absolute atomic E-state index is 12.9. The summed E-state index contributed by atoms with van der Waals surface area (Å²) in [5.41, 5.74) is 5.14. The highest BCUT2D eigenvalue weighted by Crippen LogP contribution is 2.32. The van der Waals surface area contributed by atoms with Gasteiger partial charge in [-0.25, -0.2) is 8.42 Å². The average Bonchev–Trinajstić information content (AvgIpc) is 2.68. The molecular formula is C22H28N2O3S. The molecule has 0 bridgehead atoms. The summed E-state index contributed by atoms with van der Waals surface area (Å²) in [5, 5.41) is 3.07. The Morgan fingerprint density at radius 1 is 1.21 bits per heavy atom. The Morgan fingerprint density at radius 2 is 1.96 bits per heavy atom. The van der Waals surface area contributed by atoms with Crippen molar-refractivity contribution in [1.29, 1.82) is 0 Å². The summed E-state index contributed by atoms with van der Waals surface area (Å²) in [6.45, 7) is 8.34. The number of para-hydroxylation sites is 1. The van der Waals surface area contributed by atoms with E-state index in [9.17, 15) is 13.2 Å². The van der Waals surface area contributed by atoms with Gasteiger partial charge in [0.25, 0.3) is 5.91 Å². The molecule has 3 rings (SSSR count). The number of amides is 1. The highest BCUT2D eigenvalue weighted by atomic mass is 32.2. The van der Waals surface area contributed by atoms with E-state index in [0.29, 0.717) is 23.7 Å². The predicted molar refractivity (Wildman–Crippen MR) is 115 cm³/mol. The molecule has 28 heavy (non-hydrogen) atoms. The first-order valence-electron chi connectivity index (χ1n) is 9.78. The van der Waals surface area contributed by atoms with E-state index in [1.54, 1.807) is 19.1 Å². The minimum atomic E-state index is -3.30. The van der Waals surface area contributed by atoms with E-state index >= 15 is 0 Å². The molecule has 5 nitrogen and oxygen atoms in total. The molecule has 2 aromatic rings. The van der Waals surface area contributed by atoms with Crippen molar-refractivity contribution in [3.63, 3.8) is 0 Å². The van der Waals surface area contributed by atoms with E-state index < -0.39 is 10.0 Å². The van der Waals surface area contributed by atoms with E-state index in [0.717, 1.165) is 35.2 Å². The van der Waals surface area contributed by atoms with Crippen LogP contribution in [0.3, 0.4) is 0 Å². The summed E-state index contributed by atoms with van der Waals surface area (Å²) in [6.07, 6.45) is 1.53. The van der Waals surface area contributed by atoms with Crippen LogP contribution in [0, 0.1) is 6.92 Å². The lowest BCUT2D eigenvalue weighted by molar-refractivity contribution is 0.102. The maximum atomic E-state index is 12.9. The topological polar surface area (TPSA) is 66.5 Å². The fraction of sp³-hybridized carbons (Fsp3) is 0.409. The van der Waals surface area contributed by atoms with Crippen LogP contribution in [-0.2, 0) is 16.4 Å². The summed E-state index contributed by atoms with van der Waals surface area (Å²) in [7, 11) is -3.30. The molecule has 1 aliphatic heterocycles. The van der Waals surface area contributed by atoms with E-state index in [1.807, 2.05) is 31.2 Å². The van der Waals surface area contributed by atoms with Crippen LogP contribution in [0.2, 0.25) is 0 Å². The molecule has 0 atom stereocenters. The number of sulfonamides is 1. The van der Waals surface area contributed by atoms with Crippen LogP contribution in [0.4, 0.5) is 11.4 Å². The van der Waals surface area contributed by atoms with Crippen LogP contribution in [0.15, 0.2) is 36.4 Å². The lowest BCUT2D eigenvalue weighted by Gasteiger charge is -2.30. The zero-order valence-corrected chi connectivity index (χ0v) is 17.8. The molecule has 2 aromatic carbocycles. The fourth-order valence-corrected chi connectivity index (χ4v) is 4.87. The normalized spacial score (nSPS) is 14.1. The predicted octanol–water partition coefficient (Wildman–Crippen LogP) is 4.47. The van der Waals surface area contributed by atoms with Gasteiger partial charge in [-0.05, 0) is 67.5 Å². The summed E-state index contributed by atoms with van der Waals surface area (Å²) in [5.74, 6) is 0.195. The summed E-state index contributed by atoms with van der Waals surface area (Å²) < 4.78 is 26.2. The zero-order valence-electron chi connectivity index (χ0n) is 17.0. The van der Waals surface area contributed by atoms with Crippen molar-refractivity contribution in [3.8, 4) is 0 Å². The molecule has 1 heterocycles. The average molecular weight is 401 g/mol. The van der Waals surface area contributed by atoms with Crippen LogP contribution in [0.1, 0.15) is 60.2 Å². The second kappa shape index (κ2) is 7.95. The number of hydrogen-bond donors (Lipinski definition) is 1. The van der Waals surface area contributed by atoms with Crippen LogP contribution in [-0.4, -0.2) is 26.6 Å². The van der Waals surface area contributed by atoms with Gasteiger partial charge in [0.15, 0.2) is 0 Å². The number of hydrogen-bond acceptors (Lipinski definition) is 3. The van der Waals surface area contributed by atoms with Gasteiger partial charge in [-0.2, -0.15) is 0 Å². The molecule has 6 heteroatoms. The Morgan fingerprint density at radius 3 is 2.64 bits per heavy atom. The first-order valence-corrected chi connectivity index (χ1v) is 11.4. The van der Waals surface area contributed by atoms with Gasteiger partial charge in [-0.3, -0.25) is 9.10 Å². The van der Waals surface area contributed by atoms with Crippen molar-refractivity contribution in [3.05, 3.63) is 58.7 Å². The molecule has 0 aliphatic carbocycles. The van der Waals surface area contributed by atoms with Crippen LogP contribution in [0.5, 0.6) is 0 Å². The molecule has 0 saturated heterocycles. The van der Waals surface area contributed by atoms with Crippen LogP contribution in [0.25, 0.3) is 0 Å². The lowest BCUT2D eigenvalue weighted by atomic mass is 9.97. The Bertz CT molecular complexity index is 997. The number of fused-ring (bicyclic) bond motifs is 1. The number of benzene rings is 2. The second-order valence-corrected chi connectivity index (χ2v) is 9.75. The largest absolute Gasteiger partial charge is 0.321 e. The number of carbonyl (C=O) groups is 1. The number of nitrogens with zero attached hydrogens (tertiary/aromatic N) is 1. The molecule has 1 amide bonds. The van der Waals surface area contributed by atoms with Crippen LogP contribution >= 0.6 is 0 Å². The Labute approximate surface area is 167 Å². The third kappa shape index (κ3) is 3.92. The van der Waals surface area contributed by atoms with Crippen molar-refractivity contribution < 1.29 is 13.2 Å². The van der Waals surface area contributed by atoms with Gasteiger partial charge in [0.05, 0.1) is 11.4 Å². The van der Waals surface area contributed by atoms with Crippen molar-refractivity contribution in [2.24, 2.45) is 0 Å². The van der Waals surface area contributed by atoms with Gasteiger partial charge in [0, 0.05) is 17.8 Å². The van der Waals surface area contributed by atoms with E-state index in [2.05, 4.69) is 19.2 Å². The summed E-state index contributed by atoms with van der Waals surface area (Å²) in [4.78, 5) is 12.9. The van der Waals surface area contributed by atoms with Gasteiger partial charge >= 0.3 is 0 Å². The van der Waals surface area contributed by atoms with Gasteiger partial charge in [-0.1, -0.05) is 32.0 Å². The zero-order chi connectivity index (χ0) is 20.5. The Balaban J connectivity index is 1.92. The van der Waals surface area contributed by atoms with Gasteiger partial charge in [0.2, 0.25) is 10.0 Å². The Kier molecular flexibility index (Phi) is 5.79. The molecule has 0 fully saturated rings. The SMILES string of the molecule is CCS(=O)(=O)N1CCCc2cc(C(=O)Nc3c(C)cccc3C(C)C)ccc21. The quantitative estimate of drug-likeness (QED) is 0.805. The summed E-state index contributed by atoms with van der Waals surface area (Å²) >= 11 is 0. The number of anilines is 2. The van der Waals surface area contributed by atoms with Crippen LogP contribution < -0.4 is 9.62 Å². The van der Waals surface area contributed by atoms with E-state index in [1.165, 1.54) is 4.31 Å². The highest BCUT2D eigenvalue weighted by molar-refractivity contribution is 7.92. The van der Waals surface area contributed by atoms with Gasteiger partial charge in [0.1, 0.15) is 0 Å². The molecule has 0 aromatic heterocycles. The lowest BCUT2D eigenvalue weighted by Crippen LogP contribution is -2.36. The van der Waals surface area contributed by atoms with Gasteiger partial charge < -0.3 is 5.32 Å². The first-order chi connectivity index (χ1) is 13.2. The third-order valence-corrected chi connectivity index (χ3v) is 7.06. The van der Waals surface area contributed by atoms with Crippen molar-refractivity contribution in [1.82, 2.24) is 0 Å². The molecular weight excluding hydrogens is 372 g/mol. The number of aryl methyl sites for hydroxylation is 2. The van der Waals surface area contributed by atoms with E-state index in [4.69, 9.17) is 0 Å². The maximum Gasteiger partial charge on any atom is 0.255 e. The molecule has 0 spiro atoms. The molecule has 0 unspecified atom stereocenters. The number of carbonyl (C=O) groups excluding carboxylic acids is 1. The monoisotopic (exact) mass is 400 g/mol. The second-order valence-electron chi connectivity index (χ2n) is 7.57. The van der Waals surface area contributed by atoms with Crippen molar-refractivity contribution in [2.45, 2.75) is 46.5 Å². The minimum Gasteiger partial charge on any atom is -0.321 e. The standard InChI is InChI=1S/C22H28N2O3S/c1-5-28(26,27)24-13-7-9-17-14-18(11-12-20(17)24)22(25)23-21-16(4)8-6-10-19(21)15(2)3/h6,8,10-12,14-15H,5,7,9,13H2,1-4H3,(H,23,25). The molecule has 150 valence electrons. The summed E-state index contributed by atoms with van der Waals surface area (Å²) in [6, 6.07) is 11.3. The molecule has 0 saturated carbocycles. The Hall–Kier alpha value is -2.34. The molecule has 1 N–H and O–H groups in total. The number of nitrogens with one attached hydrogen (secondary N) is 1. The van der Waals surface area contributed by atoms with Crippen molar-refractivity contribution in [2.75, 3.05) is 21.9 Å². The third-order valence-electron chi connectivity index (χ3n) is 5.28.